The standard InChI is InChI=1S/C14H15N3O3S/c18-13-15-4-5-17(13)14(19)16(8-11-3-7-21-10-11)9-12-2-1-6-20-12/h1-3,6-7,10H,4-5,8-9H2,(H,15,18). The predicted octanol–water partition coefficient (Wildman–Crippen LogP) is 2.49. The Bertz CT molecular complexity index is 573. The van der Waals surface area contributed by atoms with Gasteiger partial charge in [0.25, 0.3) is 0 Å². The topological polar surface area (TPSA) is 65.8 Å². The number of imide groups is 1. The summed E-state index contributed by atoms with van der Waals surface area (Å²) in [4.78, 5) is 27.1. The molecule has 2 aromatic rings. The van der Waals surface area contributed by atoms with E-state index in [0.717, 1.165) is 5.56 Å². The molecule has 1 aliphatic heterocycles. The number of thiophene rings is 1. The molecule has 1 aliphatic rings. The van der Waals surface area contributed by atoms with Gasteiger partial charge in [-0.1, -0.05) is 0 Å². The minimum Gasteiger partial charge on any atom is -0.467 e. The number of carbonyl (C=O) groups is 2. The Hall–Kier alpha value is -2.28. The lowest BCUT2D eigenvalue weighted by molar-refractivity contribution is 0.155. The van der Waals surface area contributed by atoms with Gasteiger partial charge < -0.3 is 14.6 Å². The molecule has 21 heavy (non-hydrogen) atoms. The Labute approximate surface area is 125 Å². The number of carbonyl (C=O) groups excluding carboxylic acids is 2. The van der Waals surface area contributed by atoms with Crippen LogP contribution in [0.1, 0.15) is 11.3 Å². The van der Waals surface area contributed by atoms with Crippen LogP contribution in [0, 0.1) is 0 Å². The first-order valence-electron chi connectivity index (χ1n) is 6.62. The summed E-state index contributed by atoms with van der Waals surface area (Å²) < 4.78 is 5.31. The molecule has 2 aromatic heterocycles. The molecule has 0 spiro atoms. The molecule has 0 unspecified atom stereocenters. The number of rotatable bonds is 4. The maximum Gasteiger partial charge on any atom is 0.328 e. The third-order valence-electron chi connectivity index (χ3n) is 3.24. The summed E-state index contributed by atoms with van der Waals surface area (Å²) in [6, 6.07) is 4.93. The third kappa shape index (κ3) is 3.08. The highest BCUT2D eigenvalue weighted by molar-refractivity contribution is 7.07. The molecule has 0 aromatic carbocycles. The average molecular weight is 305 g/mol. The van der Waals surface area contributed by atoms with Crippen LogP contribution in [0.4, 0.5) is 9.59 Å². The van der Waals surface area contributed by atoms with Crippen LogP contribution in [0.3, 0.4) is 0 Å². The fraction of sp³-hybridized carbons (Fsp3) is 0.286. The first kappa shape index (κ1) is 13.7. The van der Waals surface area contributed by atoms with Crippen LogP contribution in [0.5, 0.6) is 0 Å². The summed E-state index contributed by atoms with van der Waals surface area (Å²) in [6.45, 7) is 1.69. The van der Waals surface area contributed by atoms with Gasteiger partial charge in [0.15, 0.2) is 0 Å². The van der Waals surface area contributed by atoms with Gasteiger partial charge in [-0.2, -0.15) is 11.3 Å². The summed E-state index contributed by atoms with van der Waals surface area (Å²) in [7, 11) is 0. The third-order valence-corrected chi connectivity index (χ3v) is 3.97. The molecule has 110 valence electrons. The first-order chi connectivity index (χ1) is 10.2. The Morgan fingerprint density at radius 3 is 2.95 bits per heavy atom. The minimum atomic E-state index is -0.338. The van der Waals surface area contributed by atoms with Gasteiger partial charge in [-0.25, -0.2) is 14.5 Å². The number of urea groups is 2. The zero-order valence-electron chi connectivity index (χ0n) is 11.3. The highest BCUT2D eigenvalue weighted by atomic mass is 32.1. The second kappa shape index (κ2) is 6.01. The highest BCUT2D eigenvalue weighted by Gasteiger charge is 2.30. The van der Waals surface area contributed by atoms with Crippen molar-refractivity contribution in [1.29, 1.82) is 0 Å². The highest BCUT2D eigenvalue weighted by Crippen LogP contribution is 2.16. The normalized spacial score (nSPS) is 14.3. The molecule has 7 heteroatoms. The molecule has 4 amide bonds. The van der Waals surface area contributed by atoms with Crippen molar-refractivity contribution >= 4 is 23.4 Å². The minimum absolute atomic E-state index is 0.299. The van der Waals surface area contributed by atoms with Gasteiger partial charge in [-0.15, -0.1) is 0 Å². The number of nitrogens with zero attached hydrogens (tertiary/aromatic N) is 2. The molecular weight excluding hydrogens is 290 g/mol. The Balaban J connectivity index is 1.77. The molecule has 1 fully saturated rings. The van der Waals surface area contributed by atoms with Gasteiger partial charge in [0.2, 0.25) is 0 Å². The lowest BCUT2D eigenvalue weighted by atomic mass is 10.3. The van der Waals surface area contributed by atoms with Gasteiger partial charge in [-0.05, 0) is 34.5 Å². The lowest BCUT2D eigenvalue weighted by Gasteiger charge is -2.25. The van der Waals surface area contributed by atoms with Crippen LogP contribution in [0.15, 0.2) is 39.6 Å². The Kier molecular flexibility index (Phi) is 3.92. The molecule has 0 radical (unpaired) electrons. The Morgan fingerprint density at radius 1 is 1.43 bits per heavy atom. The molecule has 0 saturated carbocycles. The van der Waals surface area contributed by atoms with E-state index in [2.05, 4.69) is 5.32 Å². The van der Waals surface area contributed by atoms with Gasteiger partial charge in [0.1, 0.15) is 5.76 Å². The quantitative estimate of drug-likeness (QED) is 0.943. The van der Waals surface area contributed by atoms with Crippen LogP contribution in [-0.2, 0) is 13.1 Å². The van der Waals surface area contributed by atoms with Crippen LogP contribution in [0.25, 0.3) is 0 Å². The summed E-state index contributed by atoms with van der Waals surface area (Å²) in [5, 5.41) is 6.60. The van der Waals surface area contributed by atoms with Crippen LogP contribution in [-0.4, -0.2) is 35.0 Å². The van der Waals surface area contributed by atoms with Crippen molar-refractivity contribution < 1.29 is 14.0 Å². The second-order valence-corrected chi connectivity index (χ2v) is 5.51. The van der Waals surface area contributed by atoms with E-state index in [1.165, 1.54) is 4.90 Å². The van der Waals surface area contributed by atoms with Crippen molar-refractivity contribution in [1.82, 2.24) is 15.1 Å². The molecule has 1 saturated heterocycles. The number of furan rings is 1. The van der Waals surface area contributed by atoms with Crippen molar-refractivity contribution in [3.63, 3.8) is 0 Å². The number of amides is 4. The largest absolute Gasteiger partial charge is 0.467 e. The predicted molar refractivity (Wildman–Crippen MR) is 77.8 cm³/mol. The van der Waals surface area contributed by atoms with Gasteiger partial charge in [-0.3, -0.25) is 0 Å². The fourth-order valence-electron chi connectivity index (χ4n) is 2.21. The molecule has 0 bridgehead atoms. The van der Waals surface area contributed by atoms with Crippen molar-refractivity contribution in [3.05, 3.63) is 46.5 Å². The molecule has 0 aliphatic carbocycles. The summed E-state index contributed by atoms with van der Waals surface area (Å²) in [5.41, 5.74) is 1.04. The molecule has 3 rings (SSSR count). The van der Waals surface area contributed by atoms with Crippen LogP contribution >= 0.6 is 11.3 Å². The number of hydrogen-bond acceptors (Lipinski definition) is 4. The van der Waals surface area contributed by atoms with E-state index in [1.54, 1.807) is 28.6 Å². The molecule has 0 atom stereocenters. The van der Waals surface area contributed by atoms with Crippen molar-refractivity contribution in [2.24, 2.45) is 0 Å². The second-order valence-electron chi connectivity index (χ2n) is 4.73. The smallest absolute Gasteiger partial charge is 0.328 e. The van der Waals surface area contributed by atoms with E-state index in [4.69, 9.17) is 4.42 Å². The van der Waals surface area contributed by atoms with Crippen LogP contribution < -0.4 is 5.32 Å². The Morgan fingerprint density at radius 2 is 2.33 bits per heavy atom. The molecule has 3 heterocycles. The van der Waals surface area contributed by atoms with Gasteiger partial charge in [0.05, 0.1) is 12.8 Å². The van der Waals surface area contributed by atoms with E-state index < -0.39 is 0 Å². The first-order valence-corrected chi connectivity index (χ1v) is 7.56. The van der Waals surface area contributed by atoms with Gasteiger partial charge in [0, 0.05) is 19.6 Å². The van der Waals surface area contributed by atoms with Crippen molar-refractivity contribution in [2.75, 3.05) is 13.1 Å². The van der Waals surface area contributed by atoms with E-state index in [0.29, 0.717) is 31.9 Å². The molecule has 6 nitrogen and oxygen atoms in total. The van der Waals surface area contributed by atoms with E-state index >= 15 is 0 Å². The average Bonchev–Trinajstić information content (AvgIpc) is 3.19. The van der Waals surface area contributed by atoms with E-state index in [1.807, 2.05) is 22.9 Å². The van der Waals surface area contributed by atoms with Gasteiger partial charge >= 0.3 is 12.1 Å². The lowest BCUT2D eigenvalue weighted by Crippen LogP contribution is -2.44. The zero-order valence-corrected chi connectivity index (χ0v) is 12.1. The van der Waals surface area contributed by atoms with E-state index in [-0.39, 0.29) is 12.1 Å². The summed E-state index contributed by atoms with van der Waals surface area (Å²) in [6.07, 6.45) is 1.57. The summed E-state index contributed by atoms with van der Waals surface area (Å²) in [5.74, 6) is 0.693. The number of hydrogen-bond donors (Lipinski definition) is 1. The zero-order chi connectivity index (χ0) is 14.7. The maximum atomic E-state index is 12.6. The molecule has 1 N–H and O–H groups in total. The molecular formula is C14H15N3O3S. The fourth-order valence-corrected chi connectivity index (χ4v) is 2.87. The number of nitrogens with one attached hydrogen (secondary N) is 1. The SMILES string of the molecule is O=C1NCCN1C(=O)N(Cc1ccsc1)Cc1ccco1. The van der Waals surface area contributed by atoms with Crippen LogP contribution in [0.2, 0.25) is 0 Å². The van der Waals surface area contributed by atoms with Crippen molar-refractivity contribution in [2.45, 2.75) is 13.1 Å². The van der Waals surface area contributed by atoms with E-state index in [9.17, 15) is 9.59 Å². The summed E-state index contributed by atoms with van der Waals surface area (Å²) >= 11 is 1.58. The maximum absolute atomic E-state index is 12.6. The monoisotopic (exact) mass is 305 g/mol. The van der Waals surface area contributed by atoms with Crippen molar-refractivity contribution in [3.8, 4) is 0 Å².